The smallest absolute Gasteiger partial charge is 0.243 e. The quantitative estimate of drug-likeness (QED) is 0.813. The SMILES string of the molecule is CCC(C)(CC)NS(=O)(=O)c1ccc(Br)cc1N. The van der Waals surface area contributed by atoms with Crippen LogP contribution in [0.5, 0.6) is 0 Å². The molecular formula is C12H19BrN2O2S. The van der Waals surface area contributed by atoms with Crippen molar-refractivity contribution in [2.45, 2.75) is 44.0 Å². The van der Waals surface area contributed by atoms with Crippen molar-refractivity contribution in [1.82, 2.24) is 4.72 Å². The molecule has 0 saturated heterocycles. The minimum absolute atomic E-state index is 0.124. The average molecular weight is 335 g/mol. The lowest BCUT2D eigenvalue weighted by Gasteiger charge is -2.28. The number of benzene rings is 1. The van der Waals surface area contributed by atoms with Crippen LogP contribution in [0.15, 0.2) is 27.6 Å². The second-order valence-electron chi connectivity index (χ2n) is 4.56. The number of rotatable bonds is 5. The average Bonchev–Trinajstić information content (AvgIpc) is 2.27. The van der Waals surface area contributed by atoms with Crippen molar-refractivity contribution in [3.05, 3.63) is 22.7 Å². The molecule has 1 rings (SSSR count). The van der Waals surface area contributed by atoms with Crippen molar-refractivity contribution < 1.29 is 8.42 Å². The summed E-state index contributed by atoms with van der Waals surface area (Å²) in [6.45, 7) is 5.80. The predicted molar refractivity (Wildman–Crippen MR) is 77.9 cm³/mol. The molecule has 1 aromatic rings. The molecule has 0 saturated carbocycles. The zero-order valence-corrected chi connectivity index (χ0v) is 13.2. The van der Waals surface area contributed by atoms with Crippen LogP contribution in [0.1, 0.15) is 33.6 Å². The Morgan fingerprint density at radius 1 is 1.33 bits per heavy atom. The van der Waals surface area contributed by atoms with E-state index < -0.39 is 15.6 Å². The zero-order valence-electron chi connectivity index (χ0n) is 10.8. The van der Waals surface area contributed by atoms with Crippen molar-refractivity contribution in [3.8, 4) is 0 Å². The fourth-order valence-electron chi connectivity index (χ4n) is 1.54. The van der Waals surface area contributed by atoms with Gasteiger partial charge in [0.1, 0.15) is 4.90 Å². The first-order valence-corrected chi connectivity index (χ1v) is 8.10. The number of anilines is 1. The van der Waals surface area contributed by atoms with Crippen LogP contribution in [0.3, 0.4) is 0 Å². The highest BCUT2D eigenvalue weighted by atomic mass is 79.9. The van der Waals surface area contributed by atoms with Gasteiger partial charge in [0, 0.05) is 10.0 Å². The standard InChI is InChI=1S/C12H19BrN2O2S/c1-4-12(3,5-2)15-18(16,17)11-7-6-9(13)8-10(11)14/h6-8,15H,4-5,14H2,1-3H3. The van der Waals surface area contributed by atoms with Crippen molar-refractivity contribution in [3.63, 3.8) is 0 Å². The first kappa shape index (κ1) is 15.5. The maximum atomic E-state index is 12.3. The molecule has 0 unspecified atom stereocenters. The Kier molecular flexibility index (Phi) is 4.80. The number of nitrogens with one attached hydrogen (secondary N) is 1. The summed E-state index contributed by atoms with van der Waals surface area (Å²) < 4.78 is 28.1. The first-order chi connectivity index (χ1) is 8.24. The van der Waals surface area contributed by atoms with Gasteiger partial charge in [-0.15, -0.1) is 0 Å². The van der Waals surface area contributed by atoms with Gasteiger partial charge in [0.2, 0.25) is 10.0 Å². The number of hydrogen-bond acceptors (Lipinski definition) is 3. The first-order valence-electron chi connectivity index (χ1n) is 5.83. The van der Waals surface area contributed by atoms with Gasteiger partial charge < -0.3 is 5.73 Å². The molecule has 3 N–H and O–H groups in total. The number of nitrogens with two attached hydrogens (primary N) is 1. The van der Waals surface area contributed by atoms with Gasteiger partial charge in [0.25, 0.3) is 0 Å². The van der Waals surface area contributed by atoms with Crippen LogP contribution in [-0.2, 0) is 10.0 Å². The highest BCUT2D eigenvalue weighted by molar-refractivity contribution is 9.10. The Bertz CT molecular complexity index is 525. The van der Waals surface area contributed by atoms with Gasteiger partial charge in [-0.25, -0.2) is 13.1 Å². The summed E-state index contributed by atoms with van der Waals surface area (Å²) in [5.74, 6) is 0. The van der Waals surface area contributed by atoms with Crippen LogP contribution >= 0.6 is 15.9 Å². The van der Waals surface area contributed by atoms with Crippen LogP contribution in [0.2, 0.25) is 0 Å². The molecule has 0 radical (unpaired) electrons. The van der Waals surface area contributed by atoms with E-state index in [4.69, 9.17) is 5.73 Å². The van der Waals surface area contributed by atoms with Gasteiger partial charge in [0.15, 0.2) is 0 Å². The van der Waals surface area contributed by atoms with Gasteiger partial charge in [0.05, 0.1) is 5.69 Å². The molecule has 0 aliphatic carbocycles. The Morgan fingerprint density at radius 3 is 2.33 bits per heavy atom. The maximum Gasteiger partial charge on any atom is 0.243 e. The maximum absolute atomic E-state index is 12.3. The lowest BCUT2D eigenvalue weighted by molar-refractivity contribution is 0.389. The molecule has 0 bridgehead atoms. The van der Waals surface area contributed by atoms with E-state index in [2.05, 4.69) is 20.7 Å². The summed E-state index contributed by atoms with van der Waals surface area (Å²) in [6, 6.07) is 4.76. The zero-order chi connectivity index (χ0) is 14.0. The molecule has 18 heavy (non-hydrogen) atoms. The number of nitrogen functional groups attached to an aromatic ring is 1. The molecule has 0 heterocycles. The van der Waals surface area contributed by atoms with E-state index in [0.717, 1.165) is 17.3 Å². The molecule has 6 heteroatoms. The van der Waals surface area contributed by atoms with Crippen molar-refractivity contribution in [2.24, 2.45) is 0 Å². The largest absolute Gasteiger partial charge is 0.398 e. The minimum Gasteiger partial charge on any atom is -0.398 e. The Hall–Kier alpha value is -0.590. The summed E-state index contributed by atoms with van der Waals surface area (Å²) in [5, 5.41) is 0. The Balaban J connectivity index is 3.15. The normalized spacial score (nSPS) is 12.7. The molecule has 0 aliphatic rings. The third-order valence-electron chi connectivity index (χ3n) is 3.20. The van der Waals surface area contributed by atoms with Crippen LogP contribution in [-0.4, -0.2) is 14.0 Å². The van der Waals surface area contributed by atoms with E-state index in [-0.39, 0.29) is 10.6 Å². The van der Waals surface area contributed by atoms with E-state index in [1.807, 2.05) is 20.8 Å². The Labute approximate surface area is 117 Å². The van der Waals surface area contributed by atoms with Crippen molar-refractivity contribution >= 4 is 31.6 Å². The molecule has 0 aromatic heterocycles. The molecule has 1 aromatic carbocycles. The van der Waals surface area contributed by atoms with Gasteiger partial charge in [-0.2, -0.15) is 0 Å². The second-order valence-corrected chi connectivity index (χ2v) is 7.12. The Morgan fingerprint density at radius 2 is 1.89 bits per heavy atom. The summed E-state index contributed by atoms with van der Waals surface area (Å²) in [5.41, 5.74) is 5.56. The van der Waals surface area contributed by atoms with Gasteiger partial charge in [-0.1, -0.05) is 29.8 Å². The van der Waals surface area contributed by atoms with Crippen LogP contribution in [0.25, 0.3) is 0 Å². The summed E-state index contributed by atoms with van der Waals surface area (Å²) in [7, 11) is -3.59. The number of hydrogen-bond donors (Lipinski definition) is 2. The van der Waals surface area contributed by atoms with Gasteiger partial charge >= 0.3 is 0 Å². The van der Waals surface area contributed by atoms with Crippen LogP contribution in [0, 0.1) is 0 Å². The van der Waals surface area contributed by atoms with E-state index in [9.17, 15) is 8.42 Å². The fraction of sp³-hybridized carbons (Fsp3) is 0.500. The summed E-state index contributed by atoms with van der Waals surface area (Å²) in [6.07, 6.45) is 1.44. The topological polar surface area (TPSA) is 72.2 Å². The summed E-state index contributed by atoms with van der Waals surface area (Å²) in [4.78, 5) is 0.124. The predicted octanol–water partition coefficient (Wildman–Crippen LogP) is 2.89. The van der Waals surface area contributed by atoms with E-state index >= 15 is 0 Å². The molecule has 4 nitrogen and oxygen atoms in total. The molecule has 0 fully saturated rings. The second kappa shape index (κ2) is 5.59. The highest BCUT2D eigenvalue weighted by Crippen LogP contribution is 2.25. The third-order valence-corrected chi connectivity index (χ3v) is 5.41. The molecule has 0 amide bonds. The van der Waals surface area contributed by atoms with Crippen LogP contribution < -0.4 is 10.5 Å². The summed E-state index contributed by atoms with van der Waals surface area (Å²) >= 11 is 3.26. The molecule has 0 spiro atoms. The molecular weight excluding hydrogens is 316 g/mol. The molecule has 0 atom stereocenters. The molecule has 102 valence electrons. The monoisotopic (exact) mass is 334 g/mol. The molecule has 0 aliphatic heterocycles. The van der Waals surface area contributed by atoms with Crippen molar-refractivity contribution in [1.29, 1.82) is 0 Å². The van der Waals surface area contributed by atoms with Crippen LogP contribution in [0.4, 0.5) is 5.69 Å². The van der Waals surface area contributed by atoms with Crippen molar-refractivity contribution in [2.75, 3.05) is 5.73 Å². The van der Waals surface area contributed by atoms with E-state index in [0.29, 0.717) is 0 Å². The minimum atomic E-state index is -3.59. The van der Waals surface area contributed by atoms with Gasteiger partial charge in [-0.3, -0.25) is 0 Å². The number of sulfonamides is 1. The lowest BCUT2D eigenvalue weighted by Crippen LogP contribution is -2.44. The third kappa shape index (κ3) is 3.46. The lowest BCUT2D eigenvalue weighted by atomic mass is 9.98. The van der Waals surface area contributed by atoms with Gasteiger partial charge in [-0.05, 0) is 38.0 Å². The highest BCUT2D eigenvalue weighted by Gasteiger charge is 2.28. The number of halogens is 1. The van der Waals surface area contributed by atoms with E-state index in [1.54, 1.807) is 12.1 Å². The fourth-order valence-corrected chi connectivity index (χ4v) is 3.58. The van der Waals surface area contributed by atoms with E-state index in [1.165, 1.54) is 6.07 Å².